The van der Waals surface area contributed by atoms with Crippen molar-refractivity contribution < 1.29 is 9.66 Å². The van der Waals surface area contributed by atoms with Gasteiger partial charge in [-0.15, -0.1) is 0 Å². The lowest BCUT2D eigenvalue weighted by Gasteiger charge is -2.00. The van der Waals surface area contributed by atoms with Crippen LogP contribution in [0.4, 0.5) is 5.69 Å². The summed E-state index contributed by atoms with van der Waals surface area (Å²) in [5, 5.41) is 10.2. The van der Waals surface area contributed by atoms with Gasteiger partial charge in [0, 0.05) is 12.3 Å². The normalized spacial score (nSPS) is 9.50. The van der Waals surface area contributed by atoms with E-state index in [0.717, 1.165) is 0 Å². The first-order valence-electron chi connectivity index (χ1n) is 2.99. The number of pyridine rings is 1. The van der Waals surface area contributed by atoms with Crippen LogP contribution in [0.25, 0.3) is 0 Å². The third-order valence-corrected chi connectivity index (χ3v) is 1.52. The van der Waals surface area contributed by atoms with Gasteiger partial charge in [0.05, 0.1) is 12.0 Å². The zero-order chi connectivity index (χ0) is 9.14. The first kappa shape index (κ1) is 8.73. The molecule has 0 aliphatic carbocycles. The van der Waals surface area contributed by atoms with Gasteiger partial charge in [0.1, 0.15) is 0 Å². The van der Waals surface area contributed by atoms with Crippen LogP contribution in [0.2, 0.25) is 5.15 Å². The molecule has 0 N–H and O–H groups in total. The Balaban J connectivity index is 3.29. The van der Waals surface area contributed by atoms with Gasteiger partial charge in [-0.2, -0.15) is 0 Å². The summed E-state index contributed by atoms with van der Waals surface area (Å²) in [5.74, 6) is 0.111. The van der Waals surface area contributed by atoms with Gasteiger partial charge < -0.3 is 4.74 Å². The molecule has 12 heavy (non-hydrogen) atoms. The first-order chi connectivity index (χ1) is 5.66. The van der Waals surface area contributed by atoms with E-state index in [2.05, 4.69) is 4.98 Å². The number of hydrogen-bond donors (Lipinski definition) is 0. The molecule has 0 amide bonds. The van der Waals surface area contributed by atoms with Crippen LogP contribution < -0.4 is 4.74 Å². The fourth-order valence-corrected chi connectivity index (χ4v) is 0.961. The highest BCUT2D eigenvalue weighted by atomic mass is 35.5. The molecule has 5 nitrogen and oxygen atoms in total. The Hall–Kier alpha value is -1.36. The largest absolute Gasteiger partial charge is 0.490 e. The summed E-state index contributed by atoms with van der Waals surface area (Å²) in [7, 11) is 1.33. The topological polar surface area (TPSA) is 65.3 Å². The average molecular weight is 189 g/mol. The van der Waals surface area contributed by atoms with E-state index in [0.29, 0.717) is 0 Å². The predicted molar refractivity (Wildman–Crippen MR) is 42.5 cm³/mol. The number of methoxy groups -OCH3 is 1. The fraction of sp³-hybridized carbons (Fsp3) is 0.167. The Bertz CT molecular complexity index is 316. The molecule has 0 bridgehead atoms. The molecular weight excluding hydrogens is 184 g/mol. The maximum absolute atomic E-state index is 10.4. The number of nitrogens with zero attached hydrogens (tertiary/aromatic N) is 2. The summed E-state index contributed by atoms with van der Waals surface area (Å²) in [4.78, 5) is 13.3. The summed E-state index contributed by atoms with van der Waals surface area (Å²) in [6.45, 7) is 0. The number of rotatable bonds is 2. The van der Waals surface area contributed by atoms with Crippen molar-refractivity contribution in [2.24, 2.45) is 0 Å². The second-order valence-corrected chi connectivity index (χ2v) is 2.27. The van der Waals surface area contributed by atoms with E-state index in [1.54, 1.807) is 0 Å². The zero-order valence-corrected chi connectivity index (χ0v) is 6.91. The van der Waals surface area contributed by atoms with Crippen molar-refractivity contribution in [3.05, 3.63) is 27.5 Å². The van der Waals surface area contributed by atoms with Crippen molar-refractivity contribution in [1.29, 1.82) is 0 Å². The lowest BCUT2D eigenvalue weighted by molar-refractivity contribution is -0.385. The van der Waals surface area contributed by atoms with Crippen molar-refractivity contribution >= 4 is 17.3 Å². The summed E-state index contributed by atoms with van der Waals surface area (Å²) in [6.07, 6.45) is 1.34. The highest BCUT2D eigenvalue weighted by Gasteiger charge is 2.19. The maximum atomic E-state index is 10.4. The Morgan fingerprint density at radius 3 is 2.83 bits per heavy atom. The smallest absolute Gasteiger partial charge is 0.347 e. The van der Waals surface area contributed by atoms with E-state index >= 15 is 0 Å². The first-order valence-corrected chi connectivity index (χ1v) is 3.37. The maximum Gasteiger partial charge on any atom is 0.347 e. The predicted octanol–water partition coefficient (Wildman–Crippen LogP) is 1.65. The number of hydrogen-bond acceptors (Lipinski definition) is 4. The van der Waals surface area contributed by atoms with Crippen molar-refractivity contribution in [1.82, 2.24) is 4.98 Å². The summed E-state index contributed by atoms with van der Waals surface area (Å²) < 4.78 is 4.72. The molecule has 1 aromatic heterocycles. The van der Waals surface area contributed by atoms with Gasteiger partial charge in [-0.3, -0.25) is 10.1 Å². The van der Waals surface area contributed by atoms with Crippen LogP contribution in [0, 0.1) is 10.1 Å². The molecule has 0 aromatic carbocycles. The van der Waals surface area contributed by atoms with Crippen LogP contribution in [0.3, 0.4) is 0 Å². The van der Waals surface area contributed by atoms with Crippen LogP contribution in [-0.4, -0.2) is 17.0 Å². The molecule has 6 heteroatoms. The Morgan fingerprint density at radius 1 is 1.75 bits per heavy atom. The quantitative estimate of drug-likeness (QED) is 0.402. The van der Waals surface area contributed by atoms with E-state index < -0.39 is 4.92 Å². The van der Waals surface area contributed by atoms with Crippen LogP contribution >= 0.6 is 11.6 Å². The molecule has 0 saturated carbocycles. The SMILES string of the molecule is COc1ccnc(Cl)c1[N+](=O)[O-]. The number of halogens is 1. The molecule has 0 saturated heterocycles. The van der Waals surface area contributed by atoms with Gasteiger partial charge in [0.25, 0.3) is 0 Å². The van der Waals surface area contributed by atoms with Crippen molar-refractivity contribution in [2.75, 3.05) is 7.11 Å². The monoisotopic (exact) mass is 188 g/mol. The van der Waals surface area contributed by atoms with E-state index in [1.165, 1.54) is 19.4 Å². The van der Waals surface area contributed by atoms with Crippen LogP contribution in [-0.2, 0) is 0 Å². The Morgan fingerprint density at radius 2 is 2.42 bits per heavy atom. The Labute approximate surface area is 73.1 Å². The zero-order valence-electron chi connectivity index (χ0n) is 6.15. The fourth-order valence-electron chi connectivity index (χ4n) is 0.742. The lowest BCUT2D eigenvalue weighted by atomic mass is 10.4. The van der Waals surface area contributed by atoms with Gasteiger partial charge in [0.15, 0.2) is 0 Å². The Kier molecular flexibility index (Phi) is 2.44. The summed E-state index contributed by atoms with van der Waals surface area (Å²) in [5.41, 5.74) is -0.304. The van der Waals surface area contributed by atoms with E-state index in [1.807, 2.05) is 0 Å². The molecule has 0 radical (unpaired) electrons. The van der Waals surface area contributed by atoms with Gasteiger partial charge in [0.2, 0.25) is 10.9 Å². The van der Waals surface area contributed by atoms with Gasteiger partial charge >= 0.3 is 5.69 Å². The molecule has 0 spiro atoms. The highest BCUT2D eigenvalue weighted by molar-refractivity contribution is 6.31. The average Bonchev–Trinajstić information content (AvgIpc) is 2.03. The van der Waals surface area contributed by atoms with Crippen molar-refractivity contribution in [3.63, 3.8) is 0 Å². The molecule has 1 rings (SSSR count). The number of aromatic nitrogens is 1. The molecule has 0 fully saturated rings. The van der Waals surface area contributed by atoms with Crippen LogP contribution in [0.15, 0.2) is 12.3 Å². The minimum Gasteiger partial charge on any atom is -0.490 e. The molecule has 0 aliphatic rings. The third kappa shape index (κ3) is 1.45. The third-order valence-electron chi connectivity index (χ3n) is 1.25. The second-order valence-electron chi connectivity index (χ2n) is 1.91. The van der Waals surface area contributed by atoms with Crippen LogP contribution in [0.1, 0.15) is 0 Å². The second kappa shape index (κ2) is 3.36. The molecule has 0 atom stereocenters. The van der Waals surface area contributed by atoms with Crippen molar-refractivity contribution in [3.8, 4) is 5.75 Å². The minimum absolute atomic E-state index is 0.111. The number of nitro groups is 1. The number of ether oxygens (including phenoxy) is 1. The van der Waals surface area contributed by atoms with Crippen molar-refractivity contribution in [2.45, 2.75) is 0 Å². The summed E-state index contributed by atoms with van der Waals surface area (Å²) >= 11 is 5.47. The van der Waals surface area contributed by atoms with Gasteiger partial charge in [-0.25, -0.2) is 4.98 Å². The van der Waals surface area contributed by atoms with E-state index in [-0.39, 0.29) is 16.6 Å². The van der Waals surface area contributed by atoms with Gasteiger partial charge in [-0.05, 0) is 0 Å². The molecular formula is C6H5ClN2O3. The van der Waals surface area contributed by atoms with Crippen LogP contribution in [0.5, 0.6) is 5.75 Å². The minimum atomic E-state index is -0.631. The van der Waals surface area contributed by atoms with E-state index in [4.69, 9.17) is 16.3 Å². The summed E-state index contributed by atoms with van der Waals surface area (Å²) in [6, 6.07) is 1.38. The van der Waals surface area contributed by atoms with Gasteiger partial charge in [-0.1, -0.05) is 11.6 Å². The molecule has 1 heterocycles. The highest BCUT2D eigenvalue weighted by Crippen LogP contribution is 2.31. The molecule has 64 valence electrons. The lowest BCUT2D eigenvalue weighted by Crippen LogP contribution is -1.95. The molecule has 0 aliphatic heterocycles. The molecule has 1 aromatic rings. The van der Waals surface area contributed by atoms with E-state index in [9.17, 15) is 10.1 Å². The molecule has 0 unspecified atom stereocenters. The standard InChI is InChI=1S/C6H5ClN2O3/c1-12-4-2-3-8-6(7)5(4)9(10)11/h2-3H,1H3.